The molecule has 2 aromatic heterocycles. The maximum atomic E-state index is 10.4. The topological polar surface area (TPSA) is 58.1 Å². The smallest absolute Gasteiger partial charge is 0.243 e. The van der Waals surface area contributed by atoms with E-state index in [1.54, 1.807) is 0 Å². The molecule has 2 aromatic rings. The quantitative estimate of drug-likeness (QED) is 0.103. The van der Waals surface area contributed by atoms with Gasteiger partial charge in [-0.2, -0.15) is 0 Å². The highest BCUT2D eigenvalue weighted by atomic mass is 79.9. The van der Waals surface area contributed by atoms with Crippen LogP contribution in [0.25, 0.3) is 0 Å². The highest BCUT2D eigenvalue weighted by Gasteiger charge is 2.12. The van der Waals surface area contributed by atoms with Crippen LogP contribution >= 0.6 is 0 Å². The average Bonchev–Trinajstić information content (AvgIpc) is 3.60. The summed E-state index contributed by atoms with van der Waals surface area (Å²) in [6.45, 7) is 7.98. The Kier molecular flexibility index (Phi) is 28.3. The second-order valence-electron chi connectivity index (χ2n) is 12.6. The SMILES string of the molecule is CCCCCCCCCCC(O)C[n+]1ccn(CCCCCn2cc[n+](CC(O)CCCCCCCCCC)c2)c1.[Br-].[Br-]. The molecule has 0 bridgehead atoms. The van der Waals surface area contributed by atoms with Gasteiger partial charge in [-0.15, -0.1) is 0 Å². The van der Waals surface area contributed by atoms with Crippen LogP contribution < -0.4 is 43.1 Å². The number of unbranched alkanes of at least 4 members (excludes halogenated alkanes) is 16. The average molecular weight is 735 g/mol. The Morgan fingerprint density at radius 1 is 0.488 bits per heavy atom. The summed E-state index contributed by atoms with van der Waals surface area (Å²) in [6, 6.07) is 0. The number of halogens is 2. The number of imidazole rings is 2. The predicted octanol–water partition coefficient (Wildman–Crippen LogP) is 1.53. The summed E-state index contributed by atoms with van der Waals surface area (Å²) in [5.74, 6) is 0. The van der Waals surface area contributed by atoms with Gasteiger partial charge in [-0.3, -0.25) is 0 Å². The second-order valence-corrected chi connectivity index (χ2v) is 12.6. The van der Waals surface area contributed by atoms with Gasteiger partial charge in [0.1, 0.15) is 37.9 Å². The fourth-order valence-corrected chi connectivity index (χ4v) is 5.82. The van der Waals surface area contributed by atoms with E-state index in [9.17, 15) is 10.2 Å². The van der Waals surface area contributed by atoms with Crippen LogP contribution in [0.15, 0.2) is 37.4 Å². The Labute approximate surface area is 285 Å². The lowest BCUT2D eigenvalue weighted by Crippen LogP contribution is -3.00. The molecule has 0 fully saturated rings. The molecule has 0 radical (unpaired) electrons. The van der Waals surface area contributed by atoms with Gasteiger partial charge in [0.25, 0.3) is 0 Å². The molecule has 0 aromatic carbocycles. The summed E-state index contributed by atoms with van der Waals surface area (Å²) >= 11 is 0. The van der Waals surface area contributed by atoms with Crippen molar-refractivity contribution in [2.45, 2.75) is 187 Å². The molecule has 2 heterocycles. The van der Waals surface area contributed by atoms with Crippen LogP contribution in [0.3, 0.4) is 0 Å². The van der Waals surface area contributed by atoms with Crippen LogP contribution in [0.5, 0.6) is 0 Å². The van der Waals surface area contributed by atoms with E-state index in [0.29, 0.717) is 13.1 Å². The van der Waals surface area contributed by atoms with Gasteiger partial charge in [0.15, 0.2) is 0 Å². The number of nitrogens with zero attached hydrogens (tertiary/aromatic N) is 4. The van der Waals surface area contributed by atoms with Gasteiger partial charge >= 0.3 is 0 Å². The molecular weight excluding hydrogens is 668 g/mol. The fraction of sp³-hybridized carbons (Fsp3) is 0.829. The zero-order chi connectivity index (χ0) is 29.4. The Bertz CT molecular complexity index is 792. The number of aromatic nitrogens is 4. The highest BCUT2D eigenvalue weighted by molar-refractivity contribution is 4.69. The maximum Gasteiger partial charge on any atom is 0.243 e. The van der Waals surface area contributed by atoms with Crippen molar-refractivity contribution in [1.82, 2.24) is 9.13 Å². The van der Waals surface area contributed by atoms with Crippen molar-refractivity contribution in [2.75, 3.05) is 0 Å². The molecule has 0 amide bonds. The molecule has 0 saturated heterocycles. The fourth-order valence-electron chi connectivity index (χ4n) is 5.82. The minimum atomic E-state index is -0.244. The van der Waals surface area contributed by atoms with Gasteiger partial charge in [0.2, 0.25) is 12.7 Å². The van der Waals surface area contributed by atoms with Gasteiger partial charge < -0.3 is 44.2 Å². The molecule has 0 aliphatic heterocycles. The number of aryl methyl sites for hydroxylation is 2. The monoisotopic (exact) mass is 732 g/mol. The lowest BCUT2D eigenvalue weighted by atomic mass is 10.1. The van der Waals surface area contributed by atoms with Crippen molar-refractivity contribution in [2.24, 2.45) is 0 Å². The Hall–Kier alpha value is -0.700. The summed E-state index contributed by atoms with van der Waals surface area (Å²) in [7, 11) is 0. The van der Waals surface area contributed by atoms with E-state index >= 15 is 0 Å². The first-order chi connectivity index (χ1) is 20.1. The standard InChI is InChI=1S/C35H66N4O2.2BrH/c1-3-5-7-9-11-13-15-18-22-34(40)30-38-28-26-36(32-38)24-20-17-21-25-37-27-29-39(33-37)31-35(41)23-19-16-14-12-10-8-6-4-2;;/h26-29,32-35,40-41H,3-25,30-31H2,1-2H3;2*1H/q+2;;/p-2. The third kappa shape index (κ3) is 22.5. The van der Waals surface area contributed by atoms with Gasteiger partial charge in [-0.05, 0) is 32.1 Å². The molecule has 252 valence electrons. The van der Waals surface area contributed by atoms with Crippen LogP contribution in [0, 0.1) is 0 Å². The predicted molar refractivity (Wildman–Crippen MR) is 170 cm³/mol. The van der Waals surface area contributed by atoms with E-state index in [1.165, 1.54) is 96.3 Å². The summed E-state index contributed by atoms with van der Waals surface area (Å²) < 4.78 is 8.77. The summed E-state index contributed by atoms with van der Waals surface area (Å²) in [5, 5.41) is 20.9. The first kappa shape index (κ1) is 42.3. The van der Waals surface area contributed by atoms with Crippen LogP contribution in [0.2, 0.25) is 0 Å². The van der Waals surface area contributed by atoms with Crippen molar-refractivity contribution in [3.8, 4) is 0 Å². The number of hydrogen-bond acceptors (Lipinski definition) is 2. The van der Waals surface area contributed by atoms with Gasteiger partial charge in [-0.1, -0.05) is 117 Å². The van der Waals surface area contributed by atoms with Crippen molar-refractivity contribution in [3.05, 3.63) is 37.4 Å². The number of rotatable bonds is 28. The molecule has 0 aliphatic carbocycles. The largest absolute Gasteiger partial charge is 1.00 e. The first-order valence-electron chi connectivity index (χ1n) is 17.6. The number of aliphatic hydroxyl groups excluding tert-OH is 2. The normalized spacial score (nSPS) is 12.6. The molecule has 0 spiro atoms. The van der Waals surface area contributed by atoms with E-state index in [1.807, 2.05) is 0 Å². The maximum absolute atomic E-state index is 10.4. The van der Waals surface area contributed by atoms with Crippen molar-refractivity contribution in [3.63, 3.8) is 0 Å². The summed E-state index contributed by atoms with van der Waals surface area (Å²) in [4.78, 5) is 0. The first-order valence-corrected chi connectivity index (χ1v) is 17.6. The molecule has 0 saturated carbocycles. The van der Waals surface area contributed by atoms with Crippen LogP contribution in [-0.4, -0.2) is 31.6 Å². The van der Waals surface area contributed by atoms with E-state index < -0.39 is 0 Å². The molecule has 2 N–H and O–H groups in total. The molecule has 2 atom stereocenters. The van der Waals surface area contributed by atoms with Crippen molar-refractivity contribution in [1.29, 1.82) is 0 Å². The minimum absolute atomic E-state index is 0. The summed E-state index contributed by atoms with van der Waals surface area (Å²) in [5.41, 5.74) is 0. The van der Waals surface area contributed by atoms with E-state index in [2.05, 4.69) is 69.6 Å². The lowest BCUT2D eigenvalue weighted by Gasteiger charge is -2.08. The molecule has 43 heavy (non-hydrogen) atoms. The Morgan fingerprint density at radius 3 is 1.19 bits per heavy atom. The van der Waals surface area contributed by atoms with Gasteiger partial charge in [0, 0.05) is 0 Å². The zero-order valence-corrected chi connectivity index (χ0v) is 30.9. The van der Waals surface area contributed by atoms with Crippen molar-refractivity contribution < 1.29 is 53.3 Å². The van der Waals surface area contributed by atoms with Crippen molar-refractivity contribution >= 4 is 0 Å². The Balaban J connectivity index is 0.00000882. The molecule has 2 rings (SSSR count). The Morgan fingerprint density at radius 2 is 0.814 bits per heavy atom. The molecule has 2 unspecified atom stereocenters. The number of hydrogen-bond donors (Lipinski definition) is 2. The molecular formula is C35H66Br2N4O2. The zero-order valence-electron chi connectivity index (χ0n) is 27.7. The van der Waals surface area contributed by atoms with Crippen LogP contribution in [-0.2, 0) is 26.2 Å². The lowest BCUT2D eigenvalue weighted by molar-refractivity contribution is -0.703. The third-order valence-electron chi connectivity index (χ3n) is 8.45. The van der Waals surface area contributed by atoms with E-state index in [0.717, 1.165) is 51.6 Å². The third-order valence-corrected chi connectivity index (χ3v) is 8.45. The van der Waals surface area contributed by atoms with Gasteiger partial charge in [0.05, 0.1) is 25.3 Å². The molecule has 0 aliphatic rings. The highest BCUT2D eigenvalue weighted by Crippen LogP contribution is 2.12. The van der Waals surface area contributed by atoms with Crippen LogP contribution in [0.1, 0.15) is 149 Å². The number of aliphatic hydroxyl groups is 2. The molecule has 6 nitrogen and oxygen atoms in total. The van der Waals surface area contributed by atoms with Gasteiger partial charge in [-0.25, -0.2) is 18.3 Å². The van der Waals surface area contributed by atoms with E-state index in [-0.39, 0.29) is 46.2 Å². The minimum Gasteiger partial charge on any atom is -1.00 e. The van der Waals surface area contributed by atoms with E-state index in [4.69, 9.17) is 0 Å². The second kappa shape index (κ2) is 28.8. The van der Waals surface area contributed by atoms with Crippen LogP contribution in [0.4, 0.5) is 0 Å². The molecule has 8 heteroatoms. The summed E-state index contributed by atoms with van der Waals surface area (Å²) in [6.07, 6.45) is 38.6.